The molecule has 1 aromatic carbocycles. The fourth-order valence-electron chi connectivity index (χ4n) is 2.35. The van der Waals surface area contributed by atoms with Gasteiger partial charge in [0.2, 0.25) is 0 Å². The Morgan fingerprint density at radius 1 is 1.35 bits per heavy atom. The van der Waals surface area contributed by atoms with Gasteiger partial charge in [-0.1, -0.05) is 0 Å². The number of epoxide rings is 1. The van der Waals surface area contributed by atoms with E-state index in [0.29, 0.717) is 30.1 Å². The van der Waals surface area contributed by atoms with Gasteiger partial charge < -0.3 is 9.47 Å². The molecule has 5 nitrogen and oxygen atoms in total. The molecule has 2 aromatic rings. The minimum absolute atomic E-state index is 0.0440. The summed E-state index contributed by atoms with van der Waals surface area (Å²) >= 11 is 0. The number of halogens is 2. The maximum Gasteiger partial charge on any atom is 0.356 e. The minimum Gasteiger partial charge on any atom is -0.461 e. The standard InChI is InChI=1S/C16H16F2N2O3/c1-2-22-16(21)15-7-13(19-20(15)8-14-9-23-14)5-10-3-11(17)6-12(18)4-10/h3-4,6-7,14H,2,5,8-9H2,1H3/t14-/m1/s1. The van der Waals surface area contributed by atoms with Crippen molar-refractivity contribution in [2.24, 2.45) is 0 Å². The smallest absolute Gasteiger partial charge is 0.356 e. The van der Waals surface area contributed by atoms with E-state index in [1.807, 2.05) is 0 Å². The van der Waals surface area contributed by atoms with Gasteiger partial charge in [0.1, 0.15) is 23.4 Å². The first-order valence-corrected chi connectivity index (χ1v) is 7.35. The second-order valence-corrected chi connectivity index (χ2v) is 5.33. The van der Waals surface area contributed by atoms with Crippen molar-refractivity contribution in [3.8, 4) is 0 Å². The Labute approximate surface area is 131 Å². The van der Waals surface area contributed by atoms with Gasteiger partial charge in [0.05, 0.1) is 25.5 Å². The van der Waals surface area contributed by atoms with E-state index < -0.39 is 17.6 Å². The number of hydrogen-bond donors (Lipinski definition) is 0. The summed E-state index contributed by atoms with van der Waals surface area (Å²) in [6, 6.07) is 4.89. The molecule has 1 fully saturated rings. The molecule has 1 atom stereocenters. The number of benzene rings is 1. The molecule has 0 bridgehead atoms. The van der Waals surface area contributed by atoms with Crippen molar-refractivity contribution < 1.29 is 23.0 Å². The molecule has 0 N–H and O–H groups in total. The van der Waals surface area contributed by atoms with Crippen LogP contribution >= 0.6 is 0 Å². The SMILES string of the molecule is CCOC(=O)c1cc(Cc2cc(F)cc(F)c2)nn1C[C@@H]1CO1. The fourth-order valence-corrected chi connectivity index (χ4v) is 2.35. The highest BCUT2D eigenvalue weighted by Gasteiger charge is 2.26. The van der Waals surface area contributed by atoms with E-state index in [1.54, 1.807) is 13.0 Å². The van der Waals surface area contributed by atoms with Crippen molar-refractivity contribution in [1.82, 2.24) is 9.78 Å². The van der Waals surface area contributed by atoms with Gasteiger partial charge >= 0.3 is 5.97 Å². The second-order valence-electron chi connectivity index (χ2n) is 5.33. The number of aromatic nitrogens is 2. The third kappa shape index (κ3) is 3.92. The first-order valence-electron chi connectivity index (χ1n) is 7.35. The molecule has 23 heavy (non-hydrogen) atoms. The average molecular weight is 322 g/mol. The van der Waals surface area contributed by atoms with Gasteiger partial charge in [0, 0.05) is 12.5 Å². The van der Waals surface area contributed by atoms with Gasteiger partial charge in [-0.25, -0.2) is 13.6 Å². The molecule has 2 heterocycles. The molecule has 1 aliphatic heterocycles. The minimum atomic E-state index is -0.642. The van der Waals surface area contributed by atoms with E-state index in [9.17, 15) is 13.6 Å². The highest BCUT2D eigenvalue weighted by Crippen LogP contribution is 2.17. The summed E-state index contributed by atoms with van der Waals surface area (Å²) in [7, 11) is 0. The number of esters is 1. The largest absolute Gasteiger partial charge is 0.461 e. The van der Waals surface area contributed by atoms with E-state index in [0.717, 1.165) is 6.07 Å². The van der Waals surface area contributed by atoms with Crippen molar-refractivity contribution in [2.45, 2.75) is 26.0 Å². The van der Waals surface area contributed by atoms with Gasteiger partial charge in [0.15, 0.2) is 0 Å². The first kappa shape index (κ1) is 15.6. The molecule has 0 amide bonds. The van der Waals surface area contributed by atoms with Gasteiger partial charge in [-0.05, 0) is 30.7 Å². The highest BCUT2D eigenvalue weighted by molar-refractivity contribution is 5.87. The third-order valence-electron chi connectivity index (χ3n) is 3.40. The van der Waals surface area contributed by atoms with Gasteiger partial charge in [-0.3, -0.25) is 4.68 Å². The number of ether oxygens (including phenoxy) is 2. The van der Waals surface area contributed by atoms with E-state index in [-0.39, 0.29) is 19.1 Å². The van der Waals surface area contributed by atoms with Crippen LogP contribution in [0.2, 0.25) is 0 Å². The Bertz CT molecular complexity index is 706. The van der Waals surface area contributed by atoms with Gasteiger partial charge in [-0.15, -0.1) is 0 Å². The lowest BCUT2D eigenvalue weighted by molar-refractivity contribution is 0.0511. The zero-order valence-electron chi connectivity index (χ0n) is 12.6. The summed E-state index contributed by atoms with van der Waals surface area (Å²) in [6.45, 7) is 3.06. The van der Waals surface area contributed by atoms with Crippen LogP contribution in [0, 0.1) is 11.6 Å². The van der Waals surface area contributed by atoms with Crippen LogP contribution in [0.1, 0.15) is 28.7 Å². The number of nitrogens with zero attached hydrogens (tertiary/aromatic N) is 2. The van der Waals surface area contributed by atoms with Crippen molar-refractivity contribution in [3.05, 3.63) is 52.9 Å². The Hall–Kier alpha value is -2.28. The zero-order chi connectivity index (χ0) is 16.4. The van der Waals surface area contributed by atoms with E-state index in [1.165, 1.54) is 16.8 Å². The molecule has 7 heteroatoms. The molecule has 0 radical (unpaired) electrons. The van der Waals surface area contributed by atoms with E-state index >= 15 is 0 Å². The molecule has 0 unspecified atom stereocenters. The van der Waals surface area contributed by atoms with Gasteiger partial charge in [0.25, 0.3) is 0 Å². The maximum atomic E-state index is 13.3. The van der Waals surface area contributed by atoms with Crippen LogP contribution in [-0.4, -0.2) is 35.1 Å². The van der Waals surface area contributed by atoms with Crippen molar-refractivity contribution >= 4 is 5.97 Å². The number of carbonyl (C=O) groups excluding carboxylic acids is 1. The summed E-state index contributed by atoms with van der Waals surface area (Å²) in [5.74, 6) is -1.76. The highest BCUT2D eigenvalue weighted by atomic mass is 19.1. The molecule has 122 valence electrons. The lowest BCUT2D eigenvalue weighted by Crippen LogP contribution is -2.15. The number of rotatable bonds is 6. The number of carbonyl (C=O) groups is 1. The fraction of sp³-hybridized carbons (Fsp3) is 0.375. The zero-order valence-corrected chi connectivity index (χ0v) is 12.6. The Morgan fingerprint density at radius 2 is 2.04 bits per heavy atom. The van der Waals surface area contributed by atoms with E-state index in [2.05, 4.69) is 5.10 Å². The summed E-state index contributed by atoms with van der Waals surface area (Å²) < 4.78 is 38.2. The normalized spacial score (nSPS) is 16.4. The molecular formula is C16H16F2N2O3. The number of hydrogen-bond acceptors (Lipinski definition) is 4. The van der Waals surface area contributed by atoms with E-state index in [4.69, 9.17) is 9.47 Å². The van der Waals surface area contributed by atoms with Crippen LogP contribution in [0.5, 0.6) is 0 Å². The van der Waals surface area contributed by atoms with Crippen LogP contribution in [0.15, 0.2) is 24.3 Å². The topological polar surface area (TPSA) is 56.6 Å². The molecule has 1 aliphatic rings. The predicted molar refractivity (Wildman–Crippen MR) is 77.1 cm³/mol. The molecule has 1 saturated heterocycles. The van der Waals surface area contributed by atoms with Crippen LogP contribution in [-0.2, 0) is 22.4 Å². The predicted octanol–water partition coefficient (Wildman–Crippen LogP) is 2.33. The Morgan fingerprint density at radius 3 is 2.65 bits per heavy atom. The lowest BCUT2D eigenvalue weighted by atomic mass is 10.1. The first-order chi connectivity index (χ1) is 11.0. The molecular weight excluding hydrogens is 306 g/mol. The van der Waals surface area contributed by atoms with Crippen molar-refractivity contribution in [1.29, 1.82) is 0 Å². The summed E-state index contributed by atoms with van der Waals surface area (Å²) in [5, 5.41) is 4.34. The van der Waals surface area contributed by atoms with Crippen molar-refractivity contribution in [2.75, 3.05) is 13.2 Å². The quantitative estimate of drug-likeness (QED) is 0.605. The van der Waals surface area contributed by atoms with Crippen LogP contribution in [0.4, 0.5) is 8.78 Å². The summed E-state index contributed by atoms with van der Waals surface area (Å²) in [5.41, 5.74) is 1.30. The maximum absolute atomic E-state index is 13.3. The molecule has 0 saturated carbocycles. The second kappa shape index (κ2) is 6.45. The van der Waals surface area contributed by atoms with Gasteiger partial charge in [-0.2, -0.15) is 5.10 Å². The summed E-state index contributed by atoms with van der Waals surface area (Å²) in [4.78, 5) is 12.0. The Balaban J connectivity index is 1.85. The molecule has 0 aliphatic carbocycles. The third-order valence-corrected chi connectivity index (χ3v) is 3.40. The summed E-state index contributed by atoms with van der Waals surface area (Å²) in [6.07, 6.45) is 0.266. The van der Waals surface area contributed by atoms with Crippen LogP contribution < -0.4 is 0 Å². The monoisotopic (exact) mass is 322 g/mol. The van der Waals surface area contributed by atoms with Crippen molar-refractivity contribution in [3.63, 3.8) is 0 Å². The average Bonchev–Trinajstić information content (AvgIpc) is 3.18. The molecule has 1 aromatic heterocycles. The molecule has 0 spiro atoms. The van der Waals surface area contributed by atoms with Crippen LogP contribution in [0.25, 0.3) is 0 Å². The lowest BCUT2D eigenvalue weighted by Gasteiger charge is -2.04. The Kier molecular flexibility index (Phi) is 4.38. The van der Waals surface area contributed by atoms with Crippen LogP contribution in [0.3, 0.4) is 0 Å². The molecule has 3 rings (SSSR count).